The molecule has 0 bridgehead atoms. The van der Waals surface area contributed by atoms with Crippen molar-refractivity contribution >= 4 is 40.0 Å². The van der Waals surface area contributed by atoms with E-state index in [0.717, 1.165) is 5.56 Å². The summed E-state index contributed by atoms with van der Waals surface area (Å²) in [6.07, 6.45) is 0. The van der Waals surface area contributed by atoms with Crippen molar-refractivity contribution in [3.8, 4) is 0 Å². The molecule has 64 valence electrons. The predicted octanol–water partition coefficient (Wildman–Crippen LogP) is 3.61. The van der Waals surface area contributed by atoms with Gasteiger partial charge in [-0.3, -0.25) is 4.99 Å². The lowest BCUT2D eigenvalue weighted by Crippen LogP contribution is -1.90. The second kappa shape index (κ2) is 4.13. The lowest BCUT2D eigenvalue weighted by atomic mass is 10.2. The maximum absolute atomic E-state index is 5.77. The number of hydrogen-bond acceptors (Lipinski definition) is 1. The summed E-state index contributed by atoms with van der Waals surface area (Å²) in [7, 11) is 1.61. The normalized spacial score (nSPS) is 11.8. The Morgan fingerprint density at radius 3 is 2.08 bits per heavy atom. The molecule has 1 rings (SSSR count). The summed E-state index contributed by atoms with van der Waals surface area (Å²) in [5.41, 5.74) is 0.733. The van der Waals surface area contributed by atoms with Crippen LogP contribution in [0.3, 0.4) is 0 Å². The molecular formula is C8H6Cl3N. The predicted molar refractivity (Wildman–Crippen MR) is 54.8 cm³/mol. The Morgan fingerprint density at radius 2 is 1.67 bits per heavy atom. The van der Waals surface area contributed by atoms with Gasteiger partial charge in [0, 0.05) is 22.7 Å². The highest BCUT2D eigenvalue weighted by molar-refractivity contribution is 6.69. The van der Waals surface area contributed by atoms with Crippen molar-refractivity contribution in [2.75, 3.05) is 7.05 Å². The van der Waals surface area contributed by atoms with Gasteiger partial charge in [0.2, 0.25) is 0 Å². The fourth-order valence-electron chi connectivity index (χ4n) is 0.802. The van der Waals surface area contributed by atoms with E-state index in [9.17, 15) is 0 Å². The van der Waals surface area contributed by atoms with E-state index in [4.69, 9.17) is 34.8 Å². The molecule has 0 aliphatic heterocycles. The lowest BCUT2D eigenvalue weighted by Gasteiger charge is -1.99. The van der Waals surface area contributed by atoms with Gasteiger partial charge in [0.25, 0.3) is 0 Å². The highest BCUT2D eigenvalue weighted by atomic mass is 35.5. The third kappa shape index (κ3) is 2.37. The van der Waals surface area contributed by atoms with Crippen molar-refractivity contribution in [3.05, 3.63) is 33.8 Å². The highest BCUT2D eigenvalue weighted by Crippen LogP contribution is 2.20. The first-order chi connectivity index (χ1) is 5.63. The van der Waals surface area contributed by atoms with Crippen LogP contribution < -0.4 is 0 Å². The molecule has 0 atom stereocenters. The summed E-state index contributed by atoms with van der Waals surface area (Å²) >= 11 is 17.3. The van der Waals surface area contributed by atoms with Crippen molar-refractivity contribution in [2.45, 2.75) is 0 Å². The van der Waals surface area contributed by atoms with Crippen molar-refractivity contribution < 1.29 is 0 Å². The maximum Gasteiger partial charge on any atom is 0.130 e. The second-order valence-electron chi connectivity index (χ2n) is 2.17. The maximum atomic E-state index is 5.77. The van der Waals surface area contributed by atoms with Gasteiger partial charge < -0.3 is 0 Å². The minimum absolute atomic E-state index is 0.402. The quantitative estimate of drug-likeness (QED) is 0.644. The van der Waals surface area contributed by atoms with Gasteiger partial charge in [-0.25, -0.2) is 0 Å². The molecule has 0 aliphatic rings. The van der Waals surface area contributed by atoms with Crippen molar-refractivity contribution in [2.24, 2.45) is 4.99 Å². The van der Waals surface area contributed by atoms with Gasteiger partial charge in [0.05, 0.1) is 0 Å². The van der Waals surface area contributed by atoms with Crippen LogP contribution in [0, 0.1) is 0 Å². The zero-order chi connectivity index (χ0) is 9.14. The van der Waals surface area contributed by atoms with E-state index < -0.39 is 0 Å². The van der Waals surface area contributed by atoms with Gasteiger partial charge in [-0.1, -0.05) is 34.8 Å². The van der Waals surface area contributed by atoms with Gasteiger partial charge >= 0.3 is 0 Å². The summed E-state index contributed by atoms with van der Waals surface area (Å²) < 4.78 is 0. The fraction of sp³-hybridized carbons (Fsp3) is 0.125. The average molecular weight is 223 g/mol. The first-order valence-electron chi connectivity index (χ1n) is 3.22. The van der Waals surface area contributed by atoms with Crippen LogP contribution in [0.25, 0.3) is 0 Å². The van der Waals surface area contributed by atoms with E-state index in [1.54, 1.807) is 25.2 Å². The molecule has 0 amide bonds. The van der Waals surface area contributed by atoms with Gasteiger partial charge in [0.1, 0.15) is 5.17 Å². The Bertz CT molecular complexity index is 300. The van der Waals surface area contributed by atoms with Gasteiger partial charge in [-0.2, -0.15) is 0 Å². The molecule has 0 saturated heterocycles. The highest BCUT2D eigenvalue weighted by Gasteiger charge is 2.01. The SMILES string of the molecule is CN=C(Cl)c1cc(Cl)cc(Cl)c1. The van der Waals surface area contributed by atoms with Crippen LogP contribution in [0.15, 0.2) is 23.2 Å². The minimum atomic E-state index is 0.402. The summed E-state index contributed by atoms with van der Waals surface area (Å²) in [4.78, 5) is 3.81. The number of benzene rings is 1. The fourth-order valence-corrected chi connectivity index (χ4v) is 1.44. The Balaban J connectivity index is 3.17. The molecule has 0 radical (unpaired) electrons. The van der Waals surface area contributed by atoms with Crippen LogP contribution in [0.4, 0.5) is 0 Å². The lowest BCUT2D eigenvalue weighted by molar-refractivity contribution is 1.45. The van der Waals surface area contributed by atoms with E-state index in [1.165, 1.54) is 0 Å². The average Bonchev–Trinajstić information content (AvgIpc) is 2.01. The Morgan fingerprint density at radius 1 is 1.17 bits per heavy atom. The summed E-state index contributed by atoms with van der Waals surface area (Å²) in [6, 6.07) is 5.07. The molecular weight excluding hydrogens is 216 g/mol. The van der Waals surface area contributed by atoms with E-state index in [2.05, 4.69) is 4.99 Å². The molecule has 0 aliphatic carbocycles. The summed E-state index contributed by atoms with van der Waals surface area (Å²) in [5, 5.41) is 1.51. The number of aliphatic imine (C=N–C) groups is 1. The molecule has 0 N–H and O–H groups in total. The van der Waals surface area contributed by atoms with E-state index in [1.807, 2.05) is 0 Å². The zero-order valence-electron chi connectivity index (χ0n) is 6.31. The van der Waals surface area contributed by atoms with E-state index >= 15 is 0 Å². The third-order valence-electron chi connectivity index (χ3n) is 1.30. The van der Waals surface area contributed by atoms with E-state index in [0.29, 0.717) is 15.2 Å². The first kappa shape index (κ1) is 9.85. The van der Waals surface area contributed by atoms with Crippen molar-refractivity contribution in [1.29, 1.82) is 0 Å². The molecule has 0 heterocycles. The van der Waals surface area contributed by atoms with E-state index in [-0.39, 0.29) is 0 Å². The Labute approximate surface area is 86.0 Å². The standard InChI is InChI=1S/C8H6Cl3N/c1-12-8(11)5-2-6(9)4-7(10)3-5/h2-4H,1H3. The first-order valence-corrected chi connectivity index (χ1v) is 4.35. The van der Waals surface area contributed by atoms with Crippen LogP contribution in [0.1, 0.15) is 5.56 Å². The molecule has 0 fully saturated rings. The monoisotopic (exact) mass is 221 g/mol. The van der Waals surface area contributed by atoms with Crippen LogP contribution in [-0.2, 0) is 0 Å². The Kier molecular flexibility index (Phi) is 3.39. The molecule has 1 nitrogen and oxygen atoms in total. The smallest absolute Gasteiger partial charge is 0.130 e. The zero-order valence-corrected chi connectivity index (χ0v) is 8.58. The number of rotatable bonds is 1. The van der Waals surface area contributed by atoms with Crippen LogP contribution >= 0.6 is 34.8 Å². The molecule has 0 saturated carbocycles. The molecule has 0 aromatic heterocycles. The molecule has 0 unspecified atom stereocenters. The molecule has 1 aromatic carbocycles. The topological polar surface area (TPSA) is 12.4 Å². The Hall–Kier alpha value is -0.240. The molecule has 0 spiro atoms. The molecule has 12 heavy (non-hydrogen) atoms. The second-order valence-corrected chi connectivity index (χ2v) is 3.40. The van der Waals surface area contributed by atoms with Crippen LogP contribution in [0.5, 0.6) is 0 Å². The number of hydrogen-bond donors (Lipinski definition) is 0. The van der Waals surface area contributed by atoms with Gasteiger partial charge in [-0.05, 0) is 18.2 Å². The minimum Gasteiger partial charge on any atom is -0.276 e. The summed E-state index contributed by atoms with van der Waals surface area (Å²) in [5.74, 6) is 0. The van der Waals surface area contributed by atoms with Crippen molar-refractivity contribution in [1.82, 2.24) is 0 Å². The third-order valence-corrected chi connectivity index (χ3v) is 2.12. The van der Waals surface area contributed by atoms with Gasteiger partial charge in [0.15, 0.2) is 0 Å². The van der Waals surface area contributed by atoms with Gasteiger partial charge in [-0.15, -0.1) is 0 Å². The molecule has 4 heteroatoms. The molecule has 1 aromatic rings. The van der Waals surface area contributed by atoms with Crippen LogP contribution in [-0.4, -0.2) is 12.2 Å². The van der Waals surface area contributed by atoms with Crippen LogP contribution in [0.2, 0.25) is 10.0 Å². The largest absolute Gasteiger partial charge is 0.276 e. The summed E-state index contributed by atoms with van der Waals surface area (Å²) in [6.45, 7) is 0. The van der Waals surface area contributed by atoms with Crippen molar-refractivity contribution in [3.63, 3.8) is 0 Å². The number of nitrogens with zero attached hydrogens (tertiary/aromatic N) is 1. The number of halogens is 3.